The molecule has 6 heterocycles. The largest absolute Gasteiger partial charge is 0.472 e. The molecule has 25 heteroatoms. The standard InChI is InChI=1S/C29H42N10O12P2Si/c1-28(2,3)54(5,6)51-19-17(38-11-34-15-22(30)32-10-33-23(15)38)13-7-29(13)9-47-53(43,44)49-20-18(45-4)14(8-46-52(41,42)50-21(19)29)48-26(20)39-12-35-16-24(39)36-27(31)37-25(16)40/h10-14,17-21,26H,7-9H2,1-6H3,(H,41,42)(H,43,44)(H2,30,32,33)(H3,31,36,37,40)/t13-,14-,17-,18-,19?,20-,21+,26-,29+/m1/s1. The Kier molecular flexibility index (Phi) is 8.85. The molecule has 11 atom stereocenters. The quantitative estimate of drug-likeness (QED) is 0.142. The van der Waals surface area contributed by atoms with E-state index in [1.54, 1.807) is 10.9 Å². The van der Waals surface area contributed by atoms with Gasteiger partial charge in [-0.3, -0.25) is 32.4 Å². The minimum atomic E-state index is -5.00. The number of hydrogen-bond acceptors (Lipinski definition) is 17. The summed E-state index contributed by atoms with van der Waals surface area (Å²) in [5.41, 5.74) is 10.8. The van der Waals surface area contributed by atoms with Gasteiger partial charge < -0.3 is 39.7 Å². The summed E-state index contributed by atoms with van der Waals surface area (Å²) in [6, 6.07) is -0.599. The third kappa shape index (κ3) is 6.14. The van der Waals surface area contributed by atoms with Crippen molar-refractivity contribution >= 4 is 58.1 Å². The fraction of sp³-hybridized carbons (Fsp3) is 0.655. The normalized spacial score (nSPS) is 37.4. The number of aromatic nitrogens is 8. The Morgan fingerprint density at radius 1 is 1.00 bits per heavy atom. The number of hydrogen-bond donors (Lipinski definition) is 5. The molecule has 4 fully saturated rings. The average molecular weight is 813 g/mol. The summed E-state index contributed by atoms with van der Waals surface area (Å²) in [5.74, 6) is -0.443. The number of ether oxygens (including phenoxy) is 2. The second kappa shape index (κ2) is 12.7. The van der Waals surface area contributed by atoms with Crippen LogP contribution in [-0.2, 0) is 41.1 Å². The number of phosphoric ester groups is 2. The summed E-state index contributed by atoms with van der Waals surface area (Å²) in [6.45, 7) is 9.19. The number of methoxy groups -OCH3 is 1. The summed E-state index contributed by atoms with van der Waals surface area (Å²) in [5, 5.41) is -0.299. The highest BCUT2D eigenvalue weighted by atomic mass is 31.2. The van der Waals surface area contributed by atoms with Crippen LogP contribution in [0, 0.1) is 11.3 Å². The minimum Gasteiger partial charge on any atom is -0.409 e. The Balaban J connectivity index is 1.20. The van der Waals surface area contributed by atoms with E-state index in [1.807, 2.05) is 13.1 Å². The molecule has 294 valence electrons. The topological polar surface area (TPSA) is 298 Å². The van der Waals surface area contributed by atoms with Gasteiger partial charge in [0.2, 0.25) is 5.95 Å². The van der Waals surface area contributed by atoms with Crippen molar-refractivity contribution in [2.45, 2.75) is 88.1 Å². The molecule has 2 saturated carbocycles. The zero-order valence-electron chi connectivity index (χ0n) is 30.1. The predicted molar refractivity (Wildman–Crippen MR) is 190 cm³/mol. The summed E-state index contributed by atoms with van der Waals surface area (Å²) in [4.78, 5) is 58.9. The SMILES string of the molecule is CO[C@H]1[C@H]2OP(=O)(O)OC[C@@]34C[C@@H]3[C@@H](n3cnc5c(N)ncnc53)C(O[Si](C)(C)C(C)(C)C)[C@@H]4OP(=O)(O)OC[C@H]1O[C@H]2n1cnc2c(=O)[nH]c(N)nc21. The van der Waals surface area contributed by atoms with E-state index in [1.165, 1.54) is 24.3 Å². The van der Waals surface area contributed by atoms with Crippen LogP contribution in [-0.4, -0.2) is 108 Å². The van der Waals surface area contributed by atoms with Crippen molar-refractivity contribution < 1.29 is 50.9 Å². The maximum Gasteiger partial charge on any atom is 0.472 e. The second-order valence-electron chi connectivity index (χ2n) is 15.6. The van der Waals surface area contributed by atoms with Gasteiger partial charge in [-0.15, -0.1) is 0 Å². The van der Waals surface area contributed by atoms with Gasteiger partial charge in [-0.2, -0.15) is 4.98 Å². The first-order valence-corrected chi connectivity index (χ1v) is 23.0. The molecule has 4 aromatic rings. The number of nitrogens with one attached hydrogen (secondary N) is 1. The van der Waals surface area contributed by atoms with Crippen LogP contribution in [0.25, 0.3) is 22.3 Å². The smallest absolute Gasteiger partial charge is 0.409 e. The van der Waals surface area contributed by atoms with Crippen molar-refractivity contribution in [3.8, 4) is 0 Å². The summed E-state index contributed by atoms with van der Waals surface area (Å²) in [7, 11) is -11.3. The van der Waals surface area contributed by atoms with Crippen LogP contribution in [0.4, 0.5) is 11.8 Å². The zero-order chi connectivity index (χ0) is 38.7. The Morgan fingerprint density at radius 2 is 1.70 bits per heavy atom. The number of nitrogen functional groups attached to an aromatic ring is 2. The molecule has 2 aliphatic heterocycles. The molecular formula is C29H42N10O12P2Si. The van der Waals surface area contributed by atoms with Crippen LogP contribution < -0.4 is 17.0 Å². The highest BCUT2D eigenvalue weighted by Gasteiger charge is 2.75. The molecule has 22 nitrogen and oxygen atoms in total. The number of nitrogens with two attached hydrogens (primary N) is 2. The fourth-order valence-corrected chi connectivity index (χ4v) is 11.0. The van der Waals surface area contributed by atoms with E-state index in [2.05, 4.69) is 50.7 Å². The zero-order valence-corrected chi connectivity index (χ0v) is 32.9. The third-order valence-corrected chi connectivity index (χ3v) is 17.8. The minimum absolute atomic E-state index is 0.0244. The van der Waals surface area contributed by atoms with Crippen LogP contribution >= 0.6 is 15.6 Å². The first kappa shape index (κ1) is 37.7. The molecule has 0 amide bonds. The van der Waals surface area contributed by atoms with Gasteiger partial charge in [-0.05, 0) is 30.5 Å². The van der Waals surface area contributed by atoms with E-state index in [-0.39, 0.29) is 33.9 Å². The van der Waals surface area contributed by atoms with Gasteiger partial charge in [-0.25, -0.2) is 29.1 Å². The van der Waals surface area contributed by atoms with E-state index in [4.69, 9.17) is 43.5 Å². The third-order valence-electron chi connectivity index (χ3n) is 11.4. The lowest BCUT2D eigenvalue weighted by Gasteiger charge is -2.43. The van der Waals surface area contributed by atoms with E-state index in [9.17, 15) is 23.7 Å². The molecule has 0 aromatic carbocycles. The van der Waals surface area contributed by atoms with Gasteiger partial charge in [0.1, 0.15) is 36.3 Å². The van der Waals surface area contributed by atoms with Crippen LogP contribution in [0.1, 0.15) is 39.5 Å². The number of H-pyrrole nitrogens is 1. The molecule has 4 aromatic heterocycles. The molecule has 4 aliphatic rings. The number of aromatic amines is 1. The Hall–Kier alpha value is -3.18. The molecule has 8 rings (SSSR count). The number of nitrogens with zero attached hydrogens (tertiary/aromatic N) is 7. The number of phosphoric acid groups is 2. The van der Waals surface area contributed by atoms with Gasteiger partial charge >= 0.3 is 15.6 Å². The monoisotopic (exact) mass is 812 g/mol. The number of fused-ring (bicyclic) bond motifs is 4. The molecule has 2 saturated heterocycles. The van der Waals surface area contributed by atoms with Gasteiger partial charge in [0.15, 0.2) is 37.2 Å². The fourth-order valence-electron chi connectivity index (χ4n) is 7.70. The Morgan fingerprint density at radius 3 is 2.43 bits per heavy atom. The lowest BCUT2D eigenvalue weighted by molar-refractivity contribution is -0.0664. The number of imidazole rings is 2. The maximum absolute atomic E-state index is 14.0. The van der Waals surface area contributed by atoms with Crippen molar-refractivity contribution in [1.29, 1.82) is 0 Å². The van der Waals surface area contributed by atoms with Crippen LogP contribution in [0.2, 0.25) is 18.1 Å². The van der Waals surface area contributed by atoms with E-state index >= 15 is 0 Å². The van der Waals surface area contributed by atoms with Crippen molar-refractivity contribution in [3.05, 3.63) is 29.3 Å². The number of rotatable bonds is 5. The van der Waals surface area contributed by atoms with E-state index in [0.29, 0.717) is 17.6 Å². The van der Waals surface area contributed by atoms with Crippen LogP contribution in [0.3, 0.4) is 0 Å². The Labute approximate surface area is 308 Å². The molecule has 3 unspecified atom stereocenters. The molecule has 1 spiro atoms. The summed E-state index contributed by atoms with van der Waals surface area (Å²) < 4.78 is 73.2. The van der Waals surface area contributed by atoms with Crippen molar-refractivity contribution in [1.82, 2.24) is 39.0 Å². The van der Waals surface area contributed by atoms with Crippen molar-refractivity contribution in [3.63, 3.8) is 0 Å². The predicted octanol–water partition coefficient (Wildman–Crippen LogP) is 2.01. The van der Waals surface area contributed by atoms with E-state index in [0.717, 1.165) is 0 Å². The molecule has 2 bridgehead atoms. The van der Waals surface area contributed by atoms with Gasteiger partial charge in [0.05, 0.1) is 38.0 Å². The molecule has 2 aliphatic carbocycles. The van der Waals surface area contributed by atoms with Gasteiger partial charge in [0.25, 0.3) is 5.56 Å². The average Bonchev–Trinajstić information content (AvgIpc) is 3.37. The summed E-state index contributed by atoms with van der Waals surface area (Å²) in [6.07, 6.45) is -2.79. The second-order valence-corrected chi connectivity index (χ2v) is 23.2. The lowest BCUT2D eigenvalue weighted by Crippen LogP contribution is -2.50. The Bertz CT molecular complexity index is 2280. The molecule has 7 N–H and O–H groups in total. The highest BCUT2D eigenvalue weighted by molar-refractivity contribution is 7.47. The molecule has 54 heavy (non-hydrogen) atoms. The van der Waals surface area contributed by atoms with Gasteiger partial charge in [0, 0.05) is 12.5 Å². The van der Waals surface area contributed by atoms with E-state index < -0.39 is 90.9 Å². The van der Waals surface area contributed by atoms with Crippen LogP contribution in [0.15, 0.2) is 23.8 Å². The van der Waals surface area contributed by atoms with Gasteiger partial charge in [-0.1, -0.05) is 20.8 Å². The van der Waals surface area contributed by atoms with Crippen molar-refractivity contribution in [2.24, 2.45) is 11.3 Å². The molecule has 0 radical (unpaired) electrons. The van der Waals surface area contributed by atoms with Crippen molar-refractivity contribution in [2.75, 3.05) is 31.8 Å². The molecular weight excluding hydrogens is 770 g/mol. The maximum atomic E-state index is 14.0. The highest BCUT2D eigenvalue weighted by Crippen LogP contribution is 2.73. The number of anilines is 2. The first-order valence-electron chi connectivity index (χ1n) is 17.1. The lowest BCUT2D eigenvalue weighted by atomic mass is 10.0. The first-order chi connectivity index (χ1) is 25.3. The van der Waals surface area contributed by atoms with Crippen LogP contribution in [0.5, 0.6) is 0 Å². The summed E-state index contributed by atoms with van der Waals surface area (Å²) >= 11 is 0.